The average molecular weight is 617 g/mol. The van der Waals surface area contributed by atoms with Gasteiger partial charge in [-0.05, 0) is 135 Å². The maximum Gasteiger partial charge on any atom is 0.421 e. The predicted molar refractivity (Wildman–Crippen MR) is 166 cm³/mol. The molecule has 8 nitrogen and oxygen atoms in total. The van der Waals surface area contributed by atoms with Gasteiger partial charge in [-0.3, -0.25) is 0 Å². The van der Waals surface area contributed by atoms with Crippen LogP contribution in [-0.4, -0.2) is 56.6 Å². The molecule has 6 rings (SSSR count). The Kier molecular flexibility index (Phi) is 8.57. The number of fused-ring (bicyclic) bond motifs is 5. The molecule has 9 heteroatoms. The Morgan fingerprint density at radius 1 is 0.977 bits per heavy atom. The lowest BCUT2D eigenvalue weighted by molar-refractivity contribution is -0.202. The van der Waals surface area contributed by atoms with Gasteiger partial charge in [0, 0.05) is 18.8 Å². The molecule has 0 aromatic heterocycles. The van der Waals surface area contributed by atoms with Crippen molar-refractivity contribution in [3.05, 3.63) is 24.3 Å². The lowest BCUT2D eigenvalue weighted by Gasteiger charge is -2.64. The molecule has 10 atom stereocenters. The molecule has 0 bridgehead atoms. The van der Waals surface area contributed by atoms with E-state index in [1.807, 2.05) is 0 Å². The zero-order valence-corrected chi connectivity index (χ0v) is 27.0. The van der Waals surface area contributed by atoms with Gasteiger partial charge >= 0.3 is 6.09 Å². The van der Waals surface area contributed by atoms with E-state index in [1.54, 1.807) is 24.3 Å². The van der Waals surface area contributed by atoms with Crippen molar-refractivity contribution in [1.82, 2.24) is 4.72 Å². The summed E-state index contributed by atoms with van der Waals surface area (Å²) in [5.74, 6) is 2.17. The summed E-state index contributed by atoms with van der Waals surface area (Å²) in [4.78, 5) is 14.8. The van der Waals surface area contributed by atoms with Crippen molar-refractivity contribution in [2.75, 3.05) is 24.6 Å². The summed E-state index contributed by atoms with van der Waals surface area (Å²) in [7, 11) is -4.01. The Labute approximate surface area is 258 Å². The Hall–Kier alpha value is -1.84. The summed E-state index contributed by atoms with van der Waals surface area (Å²) in [5, 5.41) is 22.4. The molecule has 4 saturated carbocycles. The summed E-state index contributed by atoms with van der Waals surface area (Å²) in [6.45, 7) is 9.16. The van der Waals surface area contributed by atoms with Gasteiger partial charge in [0.25, 0.3) is 10.0 Å². The van der Waals surface area contributed by atoms with Crippen LogP contribution in [0, 0.1) is 46.3 Å². The monoisotopic (exact) mass is 616 g/mol. The maximum atomic E-state index is 12.8. The number of sulfonamides is 1. The number of ether oxygens (including phenoxy) is 1. The zero-order chi connectivity index (χ0) is 30.6. The highest BCUT2D eigenvalue weighted by molar-refractivity contribution is 7.90. The van der Waals surface area contributed by atoms with Crippen LogP contribution in [0.15, 0.2) is 29.2 Å². The Morgan fingerprint density at radius 3 is 2.35 bits per heavy atom. The van der Waals surface area contributed by atoms with Gasteiger partial charge < -0.3 is 19.8 Å². The molecule has 1 amide bonds. The first kappa shape index (κ1) is 31.2. The van der Waals surface area contributed by atoms with Crippen molar-refractivity contribution in [2.24, 2.45) is 46.3 Å². The van der Waals surface area contributed by atoms with E-state index in [0.717, 1.165) is 83.0 Å². The topological polar surface area (TPSA) is 116 Å². The van der Waals surface area contributed by atoms with Gasteiger partial charge in [-0.1, -0.05) is 27.2 Å². The van der Waals surface area contributed by atoms with Crippen LogP contribution in [0.3, 0.4) is 0 Å². The highest BCUT2D eigenvalue weighted by atomic mass is 32.2. The third-order valence-corrected chi connectivity index (χ3v) is 14.5. The van der Waals surface area contributed by atoms with E-state index < -0.39 is 16.1 Å². The summed E-state index contributed by atoms with van der Waals surface area (Å²) < 4.78 is 33.2. The minimum absolute atomic E-state index is 0.0511. The fourth-order valence-electron chi connectivity index (χ4n) is 10.8. The maximum absolute atomic E-state index is 12.8. The van der Waals surface area contributed by atoms with Gasteiger partial charge in [0.15, 0.2) is 0 Å². The number of amides is 1. The van der Waals surface area contributed by atoms with E-state index in [4.69, 9.17) is 4.74 Å². The number of carbonyl (C=O) groups excluding carboxylic acids is 1. The summed E-state index contributed by atoms with van der Waals surface area (Å²) in [6.07, 6.45) is 9.46. The number of benzene rings is 1. The van der Waals surface area contributed by atoms with Crippen molar-refractivity contribution in [2.45, 2.75) is 109 Å². The van der Waals surface area contributed by atoms with E-state index in [0.29, 0.717) is 30.1 Å². The van der Waals surface area contributed by atoms with Crippen molar-refractivity contribution in [1.29, 1.82) is 0 Å². The van der Waals surface area contributed by atoms with Crippen LogP contribution >= 0.6 is 0 Å². The number of anilines is 1. The molecule has 0 unspecified atom stereocenters. The molecule has 1 aromatic rings. The van der Waals surface area contributed by atoms with Crippen LogP contribution in [-0.2, 0) is 14.8 Å². The van der Waals surface area contributed by atoms with Gasteiger partial charge in [0.05, 0.1) is 23.7 Å². The van der Waals surface area contributed by atoms with Crippen molar-refractivity contribution < 1.29 is 28.2 Å². The quantitative estimate of drug-likeness (QED) is 0.359. The molecule has 1 aliphatic heterocycles. The van der Waals surface area contributed by atoms with Gasteiger partial charge in [0.2, 0.25) is 0 Å². The largest absolute Gasteiger partial charge is 0.449 e. The Morgan fingerprint density at radius 2 is 1.65 bits per heavy atom. The van der Waals surface area contributed by atoms with Crippen molar-refractivity contribution in [3.8, 4) is 0 Å². The minimum atomic E-state index is -4.01. The molecule has 5 aliphatic rings. The molecule has 0 spiro atoms. The second-order valence-corrected chi connectivity index (χ2v) is 16.6. The minimum Gasteiger partial charge on any atom is -0.449 e. The lowest BCUT2D eigenvalue weighted by Crippen LogP contribution is -2.62. The van der Waals surface area contributed by atoms with Crippen LogP contribution in [0.2, 0.25) is 0 Å². The average Bonchev–Trinajstić information content (AvgIpc) is 3.63. The zero-order valence-electron chi connectivity index (χ0n) is 26.2. The van der Waals surface area contributed by atoms with Crippen LogP contribution in [0.5, 0.6) is 0 Å². The second-order valence-electron chi connectivity index (χ2n) is 14.9. The number of nitrogens with one attached hydrogen (secondary N) is 1. The van der Waals surface area contributed by atoms with Gasteiger partial charge in [-0.15, -0.1) is 0 Å². The van der Waals surface area contributed by atoms with Gasteiger partial charge in [-0.25, -0.2) is 17.9 Å². The van der Waals surface area contributed by atoms with Gasteiger partial charge in [0.1, 0.15) is 0 Å². The molecule has 240 valence electrons. The highest BCUT2D eigenvalue weighted by Crippen LogP contribution is 2.69. The standard InChI is InChI=1S/C34H52N2O6S/c1-4-26-29-21-24(37)13-16-34(29,3)28-14-17-33(2)22(7-12-27(33)30(28)31(26)38)15-20-42-32(39)35-43(40,41)25-10-8-23(9-11-25)36-18-5-6-19-36/h8-11,22,24,26-31,37-38H,4-7,12-21H2,1-3H3,(H,35,39)/t22-,24-,26-,27+,28+,29+,30+,31-,33-,34-/m1/s1. The van der Waals surface area contributed by atoms with E-state index in [1.165, 1.54) is 0 Å². The third kappa shape index (κ3) is 5.50. The fraction of sp³-hybridized carbons (Fsp3) is 0.794. The smallest absolute Gasteiger partial charge is 0.421 e. The molecular weight excluding hydrogens is 564 g/mol. The van der Waals surface area contributed by atoms with E-state index in [9.17, 15) is 23.4 Å². The molecular formula is C34H52N2O6S. The molecule has 1 aromatic carbocycles. The first-order valence-corrected chi connectivity index (χ1v) is 18.4. The van der Waals surface area contributed by atoms with Gasteiger partial charge in [-0.2, -0.15) is 0 Å². The SMILES string of the molecule is CC[C@H]1[C@@H](O)[C@@H]2[C@H](CC[C@]3(C)[C@@H](CCOC(=O)NS(=O)(=O)c4ccc(N5CCCC5)cc4)CC[C@@H]23)[C@@]2(C)CC[C@@H](O)C[C@@H]12. The number of aliphatic hydroxyl groups excluding tert-OH is 2. The van der Waals surface area contributed by atoms with E-state index >= 15 is 0 Å². The molecule has 0 radical (unpaired) electrons. The fourth-order valence-corrected chi connectivity index (χ4v) is 11.7. The number of rotatable bonds is 7. The molecule has 1 heterocycles. The highest BCUT2D eigenvalue weighted by Gasteiger charge is 2.64. The summed E-state index contributed by atoms with van der Waals surface area (Å²) >= 11 is 0. The molecule has 43 heavy (non-hydrogen) atoms. The van der Waals surface area contributed by atoms with Crippen LogP contribution in [0.1, 0.15) is 91.4 Å². The number of hydrogen-bond acceptors (Lipinski definition) is 7. The number of carbonyl (C=O) groups is 1. The molecule has 3 N–H and O–H groups in total. The first-order valence-electron chi connectivity index (χ1n) is 16.9. The Bertz CT molecular complexity index is 1270. The van der Waals surface area contributed by atoms with Crippen LogP contribution in [0.25, 0.3) is 0 Å². The number of nitrogens with zero attached hydrogens (tertiary/aromatic N) is 1. The van der Waals surface area contributed by atoms with E-state index in [2.05, 4.69) is 30.4 Å². The lowest BCUT2D eigenvalue weighted by atomic mass is 9.41. The van der Waals surface area contributed by atoms with Crippen LogP contribution < -0.4 is 9.62 Å². The molecule has 4 aliphatic carbocycles. The summed E-state index contributed by atoms with van der Waals surface area (Å²) in [6, 6.07) is 6.67. The predicted octanol–water partition coefficient (Wildman–Crippen LogP) is 5.72. The molecule has 1 saturated heterocycles. The van der Waals surface area contributed by atoms with E-state index in [-0.39, 0.29) is 46.4 Å². The Balaban J connectivity index is 1.06. The van der Waals surface area contributed by atoms with Crippen molar-refractivity contribution in [3.63, 3.8) is 0 Å². The molecule has 5 fully saturated rings. The van der Waals surface area contributed by atoms with Crippen molar-refractivity contribution >= 4 is 21.8 Å². The number of hydrogen-bond donors (Lipinski definition) is 3. The number of aliphatic hydroxyl groups is 2. The third-order valence-electron chi connectivity index (χ3n) is 13.1. The summed E-state index contributed by atoms with van der Waals surface area (Å²) in [5.41, 5.74) is 1.24. The second kappa shape index (κ2) is 11.8. The first-order chi connectivity index (χ1) is 20.5. The van der Waals surface area contributed by atoms with Crippen LogP contribution in [0.4, 0.5) is 10.5 Å². The normalized spacial score (nSPS) is 40.8.